The van der Waals surface area contributed by atoms with Crippen molar-refractivity contribution in [2.75, 3.05) is 61.7 Å². The van der Waals surface area contributed by atoms with E-state index in [1.165, 1.54) is 28.4 Å². The van der Waals surface area contributed by atoms with Gasteiger partial charge in [-0.15, -0.1) is 5.10 Å². The fourth-order valence-electron chi connectivity index (χ4n) is 3.09. The van der Waals surface area contributed by atoms with Gasteiger partial charge >= 0.3 is 22.3 Å². The first-order valence-electron chi connectivity index (χ1n) is 11.4. The van der Waals surface area contributed by atoms with Crippen LogP contribution in [0.1, 0.15) is 11.1 Å². The molecule has 0 saturated heterocycles. The van der Waals surface area contributed by atoms with Gasteiger partial charge in [0.2, 0.25) is 11.8 Å². The first-order chi connectivity index (χ1) is 18.1. The van der Waals surface area contributed by atoms with Crippen LogP contribution in [-0.2, 0) is 45.5 Å². The van der Waals surface area contributed by atoms with Crippen molar-refractivity contribution in [1.82, 2.24) is 9.68 Å². The molecule has 2 aromatic carbocycles. The molecule has 1 atom stereocenters. The molecule has 0 radical (unpaired) electrons. The predicted molar refractivity (Wildman–Crippen MR) is 153 cm³/mol. The Morgan fingerprint density at radius 1 is 0.842 bits per heavy atom. The minimum absolute atomic E-state index is 0.0679. The molecule has 38 heavy (non-hydrogen) atoms. The van der Waals surface area contributed by atoms with Crippen molar-refractivity contribution in [1.29, 1.82) is 0 Å². The van der Waals surface area contributed by atoms with Gasteiger partial charge in [0, 0.05) is 35.0 Å². The van der Waals surface area contributed by atoms with Crippen molar-refractivity contribution in [2.24, 2.45) is 5.10 Å². The second kappa shape index (κ2) is 15.8. The van der Waals surface area contributed by atoms with Crippen LogP contribution >= 0.6 is 22.3 Å². The number of hydrazone groups is 1. The molecule has 0 fully saturated rings. The Morgan fingerprint density at radius 2 is 1.34 bits per heavy atom. The molecule has 1 unspecified atom stereocenters. The number of methoxy groups -OCH3 is 1. The molecule has 0 amide bonds. The summed E-state index contributed by atoms with van der Waals surface area (Å²) < 4.78 is 58.2. The van der Waals surface area contributed by atoms with E-state index in [1.54, 1.807) is 30.1 Å². The van der Waals surface area contributed by atoms with E-state index in [2.05, 4.69) is 5.10 Å². The number of hydrogen-bond acceptors (Lipinski definition) is 11. The fraction of sp³-hybridized carbons (Fsp3) is 0.435. The smallest absolute Gasteiger partial charge is 0.497 e. The third-order valence-corrected chi connectivity index (χ3v) is 11.0. The van der Waals surface area contributed by atoms with E-state index >= 15 is 0 Å². The van der Waals surface area contributed by atoms with Crippen LogP contribution in [0.4, 0.5) is 0 Å². The van der Waals surface area contributed by atoms with Crippen LogP contribution in [0.3, 0.4) is 0 Å². The highest BCUT2D eigenvalue weighted by atomic mass is 32.4. The van der Waals surface area contributed by atoms with Gasteiger partial charge in [0.15, 0.2) is 5.75 Å². The van der Waals surface area contributed by atoms with Gasteiger partial charge in [0.25, 0.3) is 0 Å². The van der Waals surface area contributed by atoms with Gasteiger partial charge < -0.3 is 22.8 Å². The van der Waals surface area contributed by atoms with Crippen LogP contribution in [0.2, 0.25) is 0 Å². The van der Waals surface area contributed by atoms with E-state index in [0.717, 1.165) is 16.9 Å². The lowest BCUT2D eigenvalue weighted by Crippen LogP contribution is -2.29. The maximum Gasteiger partial charge on any atom is 0.540 e. The molecule has 0 aliphatic carbocycles. The average Bonchev–Trinajstić information content (AvgIpc) is 2.95. The van der Waals surface area contributed by atoms with Crippen LogP contribution in [0, 0.1) is 0 Å². The lowest BCUT2D eigenvalue weighted by molar-refractivity contribution is 0.224. The fourth-order valence-corrected chi connectivity index (χ4v) is 6.41. The van der Waals surface area contributed by atoms with Crippen molar-refractivity contribution >= 4 is 40.3 Å². The van der Waals surface area contributed by atoms with Gasteiger partial charge in [-0.05, 0) is 53.9 Å². The molecule has 0 saturated carbocycles. The Bertz CT molecular complexity index is 1110. The summed E-state index contributed by atoms with van der Waals surface area (Å²) in [6, 6.07) is 15.0. The summed E-state index contributed by atoms with van der Waals surface area (Å²) in [5, 5.41) is 4.37. The molecular weight excluding hydrogens is 571 g/mol. The zero-order valence-electron chi connectivity index (χ0n) is 22.4. The summed E-state index contributed by atoms with van der Waals surface area (Å²) >= 11 is 5.49. The van der Waals surface area contributed by atoms with Crippen molar-refractivity contribution in [3.63, 3.8) is 0 Å². The monoisotopic (exact) mass is 606 g/mol. The number of ether oxygens (including phenoxy) is 1. The van der Waals surface area contributed by atoms with Gasteiger partial charge in [-0.25, -0.2) is 0 Å². The molecule has 0 spiro atoms. The number of benzene rings is 2. The van der Waals surface area contributed by atoms with Crippen LogP contribution < -0.4 is 9.26 Å². The minimum atomic E-state index is -3.39. The third-order valence-electron chi connectivity index (χ3n) is 5.41. The Balaban J connectivity index is 1.98. The second-order valence-corrected chi connectivity index (χ2v) is 14.5. The topological polar surface area (TPSA) is 108 Å². The molecular formula is C23H35N3O8P3S+. The van der Waals surface area contributed by atoms with E-state index in [-0.39, 0.29) is 12.6 Å². The Hall–Kier alpha value is -1.71. The summed E-state index contributed by atoms with van der Waals surface area (Å²) in [5.74, 6) is 1.39. The molecule has 11 nitrogen and oxygen atoms in total. The second-order valence-electron chi connectivity index (χ2n) is 7.86. The highest BCUT2D eigenvalue weighted by molar-refractivity contribution is 8.02. The van der Waals surface area contributed by atoms with Crippen molar-refractivity contribution in [3.8, 4) is 11.5 Å². The Morgan fingerprint density at radius 3 is 1.82 bits per heavy atom. The summed E-state index contributed by atoms with van der Waals surface area (Å²) in [7, 11) is 0.422. The van der Waals surface area contributed by atoms with E-state index < -0.39 is 22.3 Å². The van der Waals surface area contributed by atoms with Gasteiger partial charge in [0.1, 0.15) is 18.3 Å². The van der Waals surface area contributed by atoms with Gasteiger partial charge in [-0.1, -0.05) is 16.9 Å². The summed E-state index contributed by atoms with van der Waals surface area (Å²) in [4.78, 5) is 1.68. The molecule has 0 aromatic heterocycles. The van der Waals surface area contributed by atoms with E-state index in [1.807, 2.05) is 48.5 Å². The van der Waals surface area contributed by atoms with Crippen molar-refractivity contribution in [2.45, 2.75) is 6.42 Å². The number of rotatable bonds is 17. The van der Waals surface area contributed by atoms with Gasteiger partial charge in [-0.2, -0.15) is 0 Å². The van der Waals surface area contributed by atoms with Crippen molar-refractivity contribution < 1.29 is 36.5 Å². The Kier molecular flexibility index (Phi) is 13.5. The molecule has 2 aromatic rings. The molecule has 2 rings (SSSR count). The summed E-state index contributed by atoms with van der Waals surface area (Å²) in [6.45, 7) is 0.407. The maximum absolute atomic E-state index is 12.7. The molecule has 0 aliphatic rings. The zero-order valence-corrected chi connectivity index (χ0v) is 25.9. The first-order valence-corrected chi connectivity index (χ1v) is 17.1. The van der Waals surface area contributed by atoms with Crippen LogP contribution in [0.15, 0.2) is 53.6 Å². The lowest BCUT2D eigenvalue weighted by Gasteiger charge is -2.27. The van der Waals surface area contributed by atoms with Gasteiger partial charge in [0.05, 0.1) is 20.4 Å². The Labute approximate surface area is 230 Å². The van der Waals surface area contributed by atoms with Crippen LogP contribution in [0.5, 0.6) is 11.5 Å². The van der Waals surface area contributed by atoms with E-state index in [4.69, 9.17) is 39.2 Å². The van der Waals surface area contributed by atoms with Crippen LogP contribution in [0.25, 0.3) is 0 Å². The first kappa shape index (κ1) is 32.5. The summed E-state index contributed by atoms with van der Waals surface area (Å²) in [6.07, 6.45) is 2.14. The maximum atomic E-state index is 12.7. The van der Waals surface area contributed by atoms with Crippen LogP contribution in [-0.4, -0.2) is 77.6 Å². The predicted octanol–water partition coefficient (Wildman–Crippen LogP) is 5.55. The lowest BCUT2D eigenvalue weighted by atomic mass is 10.1. The summed E-state index contributed by atoms with van der Waals surface area (Å²) in [5.41, 5.74) is 1.89. The molecule has 0 bridgehead atoms. The molecule has 0 heterocycles. The number of nitrogens with zero attached hydrogens (tertiary/aromatic N) is 3. The van der Waals surface area contributed by atoms with E-state index in [0.29, 0.717) is 18.7 Å². The van der Waals surface area contributed by atoms with E-state index in [9.17, 15) is 9.13 Å². The van der Waals surface area contributed by atoms with Crippen molar-refractivity contribution in [3.05, 3.63) is 59.7 Å². The molecule has 0 aliphatic heterocycles. The highest BCUT2D eigenvalue weighted by Crippen LogP contribution is 2.51. The SMILES string of the molecule is COc1ccc(/C=N\N(C)[P+](=S)Oc2ccc(CCN(CP(=O)(OC)OC)CP(=O)(OC)OC)cc2)cc1. The normalized spacial score (nSPS) is 12.7. The molecule has 15 heteroatoms. The molecule has 210 valence electrons. The quantitative estimate of drug-likeness (QED) is 0.129. The largest absolute Gasteiger partial charge is 0.540 e. The average molecular weight is 607 g/mol. The highest BCUT2D eigenvalue weighted by Gasteiger charge is 2.31. The molecule has 0 N–H and O–H groups in total. The number of hydrogen-bond donors (Lipinski definition) is 0. The minimum Gasteiger partial charge on any atom is -0.497 e. The van der Waals surface area contributed by atoms with Gasteiger partial charge in [-0.3, -0.25) is 18.6 Å². The third kappa shape index (κ3) is 10.5. The standard InChI is InChI=1S/C23H35N3O8P3S/c1-25(24-17-21-9-11-22(29-2)12-10-21)35(38)34-23-13-7-20(8-14-23)15-16-26(18-36(27,30-3)31-4)19-37(28,32-5)33-6/h7-14,17H,15-16,18-19H2,1-6H3/q+1/b24-17-. The zero-order chi connectivity index (χ0) is 28.2.